The van der Waals surface area contributed by atoms with Crippen LogP contribution in [-0.4, -0.2) is 34.2 Å². The number of carbonyl (C=O) groups excluding carboxylic acids is 1. The molecule has 0 aliphatic rings. The number of carbonyl (C=O) groups is 1. The van der Waals surface area contributed by atoms with Crippen molar-refractivity contribution in [2.24, 2.45) is 5.73 Å². The lowest BCUT2D eigenvalue weighted by molar-refractivity contribution is -0.118. The summed E-state index contributed by atoms with van der Waals surface area (Å²) >= 11 is 0. The van der Waals surface area contributed by atoms with Gasteiger partial charge in [-0.1, -0.05) is 0 Å². The smallest absolute Gasteiger partial charge is 0.232 e. The molecule has 0 saturated carbocycles. The van der Waals surface area contributed by atoms with Gasteiger partial charge in [-0.05, 0) is 13.8 Å². The number of hydrogen-bond donors (Lipinski definition) is 2. The SMILES string of the molecule is CCNC(=O)CS(=O)C(C)CN. The van der Waals surface area contributed by atoms with E-state index in [1.165, 1.54) is 0 Å². The molecule has 2 unspecified atom stereocenters. The van der Waals surface area contributed by atoms with E-state index in [2.05, 4.69) is 5.32 Å². The van der Waals surface area contributed by atoms with Gasteiger partial charge in [0.05, 0.1) is 0 Å². The van der Waals surface area contributed by atoms with Crippen LogP contribution in [0, 0.1) is 0 Å². The van der Waals surface area contributed by atoms with Crippen molar-refractivity contribution < 1.29 is 9.00 Å². The molecule has 2 atom stereocenters. The number of nitrogens with two attached hydrogens (primary N) is 1. The maximum absolute atomic E-state index is 11.2. The van der Waals surface area contributed by atoms with Gasteiger partial charge in [0.15, 0.2) is 0 Å². The second kappa shape index (κ2) is 6.14. The van der Waals surface area contributed by atoms with E-state index < -0.39 is 10.8 Å². The molecule has 0 saturated heterocycles. The highest BCUT2D eigenvalue weighted by molar-refractivity contribution is 7.86. The van der Waals surface area contributed by atoms with Gasteiger partial charge >= 0.3 is 0 Å². The third-order valence-electron chi connectivity index (χ3n) is 1.43. The van der Waals surface area contributed by atoms with Gasteiger partial charge in [-0.15, -0.1) is 0 Å². The summed E-state index contributed by atoms with van der Waals surface area (Å²) in [6.45, 7) is 4.53. The van der Waals surface area contributed by atoms with Crippen LogP contribution < -0.4 is 11.1 Å². The van der Waals surface area contributed by atoms with Gasteiger partial charge in [0.1, 0.15) is 5.75 Å². The fourth-order valence-corrected chi connectivity index (χ4v) is 1.49. The molecule has 0 fully saturated rings. The Balaban J connectivity index is 3.76. The molecule has 0 aromatic carbocycles. The zero-order valence-electron chi connectivity index (χ0n) is 7.50. The average Bonchev–Trinajstić information content (AvgIpc) is 2.03. The van der Waals surface area contributed by atoms with Crippen LogP contribution in [0.4, 0.5) is 0 Å². The lowest BCUT2D eigenvalue weighted by Crippen LogP contribution is -2.33. The molecule has 4 nitrogen and oxygen atoms in total. The topological polar surface area (TPSA) is 72.2 Å². The lowest BCUT2D eigenvalue weighted by Gasteiger charge is -2.07. The summed E-state index contributed by atoms with van der Waals surface area (Å²) in [4.78, 5) is 10.9. The Hall–Kier alpha value is -0.420. The van der Waals surface area contributed by atoms with Crippen molar-refractivity contribution >= 4 is 16.7 Å². The van der Waals surface area contributed by atoms with E-state index >= 15 is 0 Å². The maximum Gasteiger partial charge on any atom is 0.232 e. The van der Waals surface area contributed by atoms with E-state index in [0.29, 0.717) is 13.1 Å². The standard InChI is InChI=1S/C7H16N2O2S/c1-3-9-7(10)5-12(11)6(2)4-8/h6H,3-5,8H2,1-2H3,(H,9,10). The van der Waals surface area contributed by atoms with Gasteiger partial charge in [0.2, 0.25) is 5.91 Å². The highest BCUT2D eigenvalue weighted by atomic mass is 32.2. The van der Waals surface area contributed by atoms with Crippen LogP contribution in [0.25, 0.3) is 0 Å². The molecular formula is C7H16N2O2S. The molecule has 0 spiro atoms. The first-order chi connectivity index (χ1) is 5.61. The van der Waals surface area contributed by atoms with Crippen LogP contribution in [0.2, 0.25) is 0 Å². The second-order valence-electron chi connectivity index (χ2n) is 2.52. The number of nitrogens with one attached hydrogen (secondary N) is 1. The van der Waals surface area contributed by atoms with E-state index in [-0.39, 0.29) is 16.9 Å². The number of rotatable bonds is 5. The zero-order chi connectivity index (χ0) is 9.56. The van der Waals surface area contributed by atoms with Crippen molar-refractivity contribution in [1.29, 1.82) is 0 Å². The molecule has 0 aliphatic carbocycles. The number of hydrogen-bond acceptors (Lipinski definition) is 3. The first-order valence-electron chi connectivity index (χ1n) is 3.95. The summed E-state index contributed by atoms with van der Waals surface area (Å²) in [6, 6.07) is 0. The van der Waals surface area contributed by atoms with Crippen molar-refractivity contribution in [2.45, 2.75) is 19.1 Å². The first kappa shape index (κ1) is 11.6. The molecule has 1 amide bonds. The normalized spacial score (nSPS) is 15.2. The van der Waals surface area contributed by atoms with Crippen LogP contribution in [0.15, 0.2) is 0 Å². The summed E-state index contributed by atoms with van der Waals surface area (Å²) in [7, 11) is -1.13. The molecule has 0 rings (SSSR count). The van der Waals surface area contributed by atoms with Crippen LogP contribution in [0.3, 0.4) is 0 Å². The summed E-state index contributed by atoms with van der Waals surface area (Å²) in [5.74, 6) is -0.109. The van der Waals surface area contributed by atoms with E-state index in [1.807, 2.05) is 6.92 Å². The molecule has 72 valence electrons. The molecule has 3 N–H and O–H groups in total. The zero-order valence-corrected chi connectivity index (χ0v) is 8.32. The van der Waals surface area contributed by atoms with Crippen molar-refractivity contribution in [1.82, 2.24) is 5.32 Å². The molecular weight excluding hydrogens is 176 g/mol. The summed E-state index contributed by atoms with van der Waals surface area (Å²) < 4.78 is 11.2. The molecule has 12 heavy (non-hydrogen) atoms. The largest absolute Gasteiger partial charge is 0.356 e. The Morgan fingerprint density at radius 3 is 2.67 bits per heavy atom. The van der Waals surface area contributed by atoms with Crippen LogP contribution >= 0.6 is 0 Å². The predicted molar refractivity (Wildman–Crippen MR) is 50.2 cm³/mol. The van der Waals surface area contributed by atoms with E-state index in [9.17, 15) is 9.00 Å². The van der Waals surface area contributed by atoms with Crippen molar-refractivity contribution in [3.05, 3.63) is 0 Å². The van der Waals surface area contributed by atoms with Gasteiger partial charge in [-0.2, -0.15) is 0 Å². The Kier molecular flexibility index (Phi) is 5.92. The summed E-state index contributed by atoms with van der Waals surface area (Å²) in [5, 5.41) is 2.48. The maximum atomic E-state index is 11.2. The van der Waals surface area contributed by atoms with E-state index in [4.69, 9.17) is 5.73 Å². The van der Waals surface area contributed by atoms with Crippen molar-refractivity contribution in [3.63, 3.8) is 0 Å². The van der Waals surface area contributed by atoms with Gasteiger partial charge in [0.25, 0.3) is 0 Å². The lowest BCUT2D eigenvalue weighted by atomic mass is 10.5. The minimum atomic E-state index is -1.13. The summed E-state index contributed by atoms with van der Waals surface area (Å²) in [6.07, 6.45) is 0. The predicted octanol–water partition coefficient (Wildman–Crippen LogP) is -0.782. The van der Waals surface area contributed by atoms with Gasteiger partial charge in [0, 0.05) is 29.1 Å². The Morgan fingerprint density at radius 1 is 1.67 bits per heavy atom. The monoisotopic (exact) mass is 192 g/mol. The summed E-state index contributed by atoms with van der Waals surface area (Å²) in [5.41, 5.74) is 5.30. The van der Waals surface area contributed by atoms with Crippen LogP contribution in [-0.2, 0) is 15.6 Å². The molecule has 0 aliphatic heterocycles. The third-order valence-corrected chi connectivity index (χ3v) is 3.06. The van der Waals surface area contributed by atoms with E-state index in [0.717, 1.165) is 0 Å². The Morgan fingerprint density at radius 2 is 2.25 bits per heavy atom. The molecule has 0 aromatic heterocycles. The van der Waals surface area contributed by atoms with Gasteiger partial charge < -0.3 is 11.1 Å². The molecule has 0 aromatic rings. The van der Waals surface area contributed by atoms with Crippen LogP contribution in [0.5, 0.6) is 0 Å². The Labute approximate surface area is 75.4 Å². The van der Waals surface area contributed by atoms with Gasteiger partial charge in [-0.3, -0.25) is 9.00 Å². The van der Waals surface area contributed by atoms with E-state index in [1.54, 1.807) is 6.92 Å². The average molecular weight is 192 g/mol. The number of amides is 1. The molecule has 5 heteroatoms. The fraction of sp³-hybridized carbons (Fsp3) is 0.857. The minimum Gasteiger partial charge on any atom is -0.356 e. The minimum absolute atomic E-state index is 0.0617. The molecule has 0 radical (unpaired) electrons. The Bertz CT molecular complexity index is 173. The fourth-order valence-electron chi connectivity index (χ4n) is 0.627. The molecule has 0 bridgehead atoms. The molecule has 0 heterocycles. The highest BCUT2D eigenvalue weighted by Gasteiger charge is 2.12. The highest BCUT2D eigenvalue weighted by Crippen LogP contribution is 1.92. The second-order valence-corrected chi connectivity index (χ2v) is 4.38. The van der Waals surface area contributed by atoms with Gasteiger partial charge in [-0.25, -0.2) is 0 Å². The van der Waals surface area contributed by atoms with Crippen molar-refractivity contribution in [3.8, 4) is 0 Å². The van der Waals surface area contributed by atoms with Crippen molar-refractivity contribution in [2.75, 3.05) is 18.8 Å². The first-order valence-corrected chi connectivity index (χ1v) is 5.34. The third kappa shape index (κ3) is 4.46. The quantitative estimate of drug-likeness (QED) is 0.600. The van der Waals surface area contributed by atoms with Crippen LogP contribution in [0.1, 0.15) is 13.8 Å².